The number of nitrogens with one attached hydrogen (secondary N) is 1. The van der Waals surface area contributed by atoms with Crippen LogP contribution >= 0.6 is 27.3 Å². The van der Waals surface area contributed by atoms with Crippen LogP contribution in [-0.2, 0) is 11.2 Å². The molecule has 0 saturated heterocycles. The Bertz CT molecular complexity index is 527. The van der Waals surface area contributed by atoms with Crippen LogP contribution in [-0.4, -0.2) is 16.8 Å². The van der Waals surface area contributed by atoms with Gasteiger partial charge in [-0.05, 0) is 68.2 Å². The predicted octanol–water partition coefficient (Wildman–Crippen LogP) is 4.14. The van der Waals surface area contributed by atoms with E-state index in [0.29, 0.717) is 5.91 Å². The maximum absolute atomic E-state index is 12.8. The van der Waals surface area contributed by atoms with Gasteiger partial charge in [-0.3, -0.25) is 4.79 Å². The van der Waals surface area contributed by atoms with Gasteiger partial charge in [0.25, 0.3) is 0 Å². The van der Waals surface area contributed by atoms with Gasteiger partial charge >= 0.3 is 0 Å². The molecule has 1 amide bonds. The second-order valence-electron chi connectivity index (χ2n) is 7.48. The van der Waals surface area contributed by atoms with E-state index in [1.54, 1.807) is 11.3 Å². The quantitative estimate of drug-likeness (QED) is 0.796. The number of thiophene rings is 1. The van der Waals surface area contributed by atoms with Crippen molar-refractivity contribution >= 4 is 33.2 Å². The van der Waals surface area contributed by atoms with E-state index in [4.69, 9.17) is 0 Å². The van der Waals surface area contributed by atoms with Crippen molar-refractivity contribution in [1.29, 1.82) is 0 Å². The highest BCUT2D eigenvalue weighted by Gasteiger charge is 2.59. The molecule has 1 N–H and O–H groups in total. The summed E-state index contributed by atoms with van der Waals surface area (Å²) in [6.45, 7) is 0.783. The molecule has 0 unspecified atom stereocenters. The Balaban J connectivity index is 1.42. The second kappa shape index (κ2) is 5.09. The number of alkyl halides is 1. The van der Waals surface area contributed by atoms with Crippen molar-refractivity contribution in [2.24, 2.45) is 17.3 Å². The third-order valence-electron chi connectivity index (χ3n) is 5.71. The molecular formula is C17H22BrNOS. The number of carbonyl (C=O) groups is 1. The molecule has 0 aromatic carbocycles. The lowest BCUT2D eigenvalue weighted by Gasteiger charge is -2.59. The summed E-state index contributed by atoms with van der Waals surface area (Å²) in [7, 11) is 0. The number of amides is 1. The van der Waals surface area contributed by atoms with Crippen LogP contribution in [0.4, 0.5) is 0 Å². The van der Waals surface area contributed by atoms with Crippen LogP contribution in [0.15, 0.2) is 17.5 Å². The van der Waals surface area contributed by atoms with Crippen LogP contribution in [0.5, 0.6) is 0 Å². The van der Waals surface area contributed by atoms with E-state index in [0.717, 1.165) is 44.1 Å². The Morgan fingerprint density at radius 3 is 2.71 bits per heavy atom. The first kappa shape index (κ1) is 14.3. The Morgan fingerprint density at radius 2 is 2.10 bits per heavy atom. The molecule has 1 aromatic rings. The van der Waals surface area contributed by atoms with Crippen molar-refractivity contribution in [2.45, 2.75) is 49.3 Å². The van der Waals surface area contributed by atoms with Gasteiger partial charge in [-0.1, -0.05) is 22.0 Å². The fraction of sp³-hybridized carbons (Fsp3) is 0.706. The third kappa shape index (κ3) is 2.59. The van der Waals surface area contributed by atoms with Crippen LogP contribution < -0.4 is 5.32 Å². The first-order valence-electron chi connectivity index (χ1n) is 8.07. The van der Waals surface area contributed by atoms with Crippen molar-refractivity contribution in [3.8, 4) is 0 Å². The smallest absolute Gasteiger partial charge is 0.226 e. The molecule has 4 aliphatic rings. The zero-order valence-corrected chi connectivity index (χ0v) is 14.6. The first-order chi connectivity index (χ1) is 10.1. The molecule has 1 aromatic heterocycles. The zero-order chi connectivity index (χ0) is 14.5. The molecule has 4 heteroatoms. The number of rotatable bonds is 4. The van der Waals surface area contributed by atoms with Crippen molar-refractivity contribution in [1.82, 2.24) is 5.32 Å². The summed E-state index contributed by atoms with van der Waals surface area (Å²) in [5.41, 5.74) is -0.0664. The zero-order valence-electron chi connectivity index (χ0n) is 12.2. The molecule has 21 heavy (non-hydrogen) atoms. The summed E-state index contributed by atoms with van der Waals surface area (Å²) in [6, 6.07) is 4.23. The molecule has 2 nitrogen and oxygen atoms in total. The molecule has 0 aliphatic heterocycles. The monoisotopic (exact) mass is 367 g/mol. The molecule has 0 spiro atoms. The van der Waals surface area contributed by atoms with Gasteiger partial charge in [0.05, 0.1) is 5.41 Å². The Morgan fingerprint density at radius 1 is 1.33 bits per heavy atom. The Labute approximate surface area is 138 Å². The van der Waals surface area contributed by atoms with Crippen LogP contribution in [0, 0.1) is 17.3 Å². The highest BCUT2D eigenvalue weighted by Crippen LogP contribution is 2.64. The minimum atomic E-state index is -0.0664. The number of halogens is 1. The van der Waals surface area contributed by atoms with Gasteiger partial charge in [0.1, 0.15) is 0 Å². The molecule has 4 fully saturated rings. The SMILES string of the molecule is O=C(NCCc1cccs1)C12C[C@H]3C[C@@H](CC(Br)(C3)C1)C2. The van der Waals surface area contributed by atoms with E-state index in [2.05, 4.69) is 38.8 Å². The highest BCUT2D eigenvalue weighted by atomic mass is 79.9. The van der Waals surface area contributed by atoms with E-state index in [1.807, 2.05) is 0 Å². The van der Waals surface area contributed by atoms with Gasteiger partial charge in [-0.25, -0.2) is 0 Å². The molecule has 1 heterocycles. The summed E-state index contributed by atoms with van der Waals surface area (Å²) in [4.78, 5) is 14.2. The number of hydrogen-bond donors (Lipinski definition) is 1. The van der Waals surface area contributed by atoms with Crippen molar-refractivity contribution in [2.75, 3.05) is 6.54 Å². The molecule has 4 saturated carbocycles. The van der Waals surface area contributed by atoms with Crippen LogP contribution in [0.25, 0.3) is 0 Å². The molecule has 2 atom stereocenters. The minimum Gasteiger partial charge on any atom is -0.355 e. The van der Waals surface area contributed by atoms with Gasteiger partial charge in [-0.2, -0.15) is 0 Å². The second-order valence-corrected chi connectivity index (χ2v) is 10.2. The summed E-state index contributed by atoms with van der Waals surface area (Å²) in [5, 5.41) is 5.34. The molecule has 4 aliphatic carbocycles. The van der Waals surface area contributed by atoms with E-state index in [9.17, 15) is 4.79 Å². The van der Waals surface area contributed by atoms with Crippen molar-refractivity contribution < 1.29 is 4.79 Å². The predicted molar refractivity (Wildman–Crippen MR) is 89.8 cm³/mol. The average molecular weight is 368 g/mol. The van der Waals surface area contributed by atoms with Gasteiger partial charge < -0.3 is 5.32 Å². The summed E-state index contributed by atoms with van der Waals surface area (Å²) in [5.74, 6) is 1.87. The lowest BCUT2D eigenvalue weighted by atomic mass is 9.49. The first-order valence-corrected chi connectivity index (χ1v) is 9.74. The molecular weight excluding hydrogens is 346 g/mol. The van der Waals surface area contributed by atoms with Gasteiger partial charge in [0.15, 0.2) is 0 Å². The molecule has 5 rings (SSSR count). The fourth-order valence-electron chi connectivity index (χ4n) is 5.36. The summed E-state index contributed by atoms with van der Waals surface area (Å²) < 4.78 is 0.266. The Kier molecular flexibility index (Phi) is 3.45. The van der Waals surface area contributed by atoms with Crippen LogP contribution in [0.1, 0.15) is 43.4 Å². The standard InChI is InChI=1S/C17H22BrNOS/c18-17-9-12-6-13(10-17)8-16(7-12,11-17)15(20)19-4-3-14-2-1-5-21-14/h1-2,5,12-13H,3-4,6-11H2,(H,19,20)/t12-,13-,16?,17?/m1/s1. The molecule has 114 valence electrons. The van der Waals surface area contributed by atoms with E-state index in [1.165, 1.54) is 24.1 Å². The molecule has 0 radical (unpaired) electrons. The maximum Gasteiger partial charge on any atom is 0.226 e. The van der Waals surface area contributed by atoms with E-state index in [-0.39, 0.29) is 9.74 Å². The minimum absolute atomic E-state index is 0.0664. The van der Waals surface area contributed by atoms with Gasteiger partial charge in [-0.15, -0.1) is 11.3 Å². The average Bonchev–Trinajstić information content (AvgIpc) is 2.88. The molecule has 4 bridgehead atoms. The van der Waals surface area contributed by atoms with E-state index >= 15 is 0 Å². The largest absolute Gasteiger partial charge is 0.355 e. The summed E-state index contributed by atoms with van der Waals surface area (Å²) in [6.07, 6.45) is 8.20. The van der Waals surface area contributed by atoms with Gasteiger partial charge in [0, 0.05) is 15.7 Å². The lowest BCUT2D eigenvalue weighted by molar-refractivity contribution is -0.143. The maximum atomic E-state index is 12.8. The van der Waals surface area contributed by atoms with Gasteiger partial charge in [0.2, 0.25) is 5.91 Å². The summed E-state index contributed by atoms with van der Waals surface area (Å²) >= 11 is 5.76. The third-order valence-corrected chi connectivity index (χ3v) is 7.57. The highest BCUT2D eigenvalue weighted by molar-refractivity contribution is 9.10. The van der Waals surface area contributed by atoms with Crippen LogP contribution in [0.3, 0.4) is 0 Å². The lowest BCUT2D eigenvalue weighted by Crippen LogP contribution is -2.58. The van der Waals surface area contributed by atoms with Crippen molar-refractivity contribution in [3.05, 3.63) is 22.4 Å². The van der Waals surface area contributed by atoms with E-state index < -0.39 is 0 Å². The number of hydrogen-bond acceptors (Lipinski definition) is 2. The fourth-order valence-corrected chi connectivity index (χ4v) is 7.52. The topological polar surface area (TPSA) is 29.1 Å². The number of carbonyl (C=O) groups excluding carboxylic acids is 1. The normalized spacial score (nSPS) is 40.4. The van der Waals surface area contributed by atoms with Crippen LogP contribution in [0.2, 0.25) is 0 Å². The van der Waals surface area contributed by atoms with Crippen molar-refractivity contribution in [3.63, 3.8) is 0 Å². The Hall–Kier alpha value is -0.350.